The van der Waals surface area contributed by atoms with Gasteiger partial charge in [-0.1, -0.05) is 77.7 Å². The summed E-state index contributed by atoms with van der Waals surface area (Å²) in [6.45, 7) is 20.0. The molecule has 1 fully saturated rings. The van der Waals surface area contributed by atoms with Gasteiger partial charge in [-0.3, -0.25) is 0 Å². The maximum Gasteiger partial charge on any atom is 0.142 e. The predicted octanol–water partition coefficient (Wildman–Crippen LogP) is 6.36. The van der Waals surface area contributed by atoms with Crippen molar-refractivity contribution >= 4 is 15.3 Å². The highest BCUT2D eigenvalue weighted by atomic mass is 29.3. The molecule has 1 nitrogen and oxygen atoms in total. The molecule has 0 aromatic rings. The lowest BCUT2D eigenvalue weighted by atomic mass is 9.96. The summed E-state index contributed by atoms with van der Waals surface area (Å²) in [4.78, 5) is 4.40. The molecule has 0 aromatic carbocycles. The van der Waals surface area contributed by atoms with Crippen molar-refractivity contribution in [1.29, 1.82) is 0 Å². The van der Waals surface area contributed by atoms with Crippen LogP contribution in [-0.4, -0.2) is 21.4 Å². The molecule has 1 saturated carbocycles. The van der Waals surface area contributed by atoms with Crippen molar-refractivity contribution in [3.63, 3.8) is 0 Å². The van der Waals surface area contributed by atoms with Crippen LogP contribution in [0.3, 0.4) is 0 Å². The number of nitrogens with one attached hydrogen (secondary N) is 1. The molecule has 0 radical (unpaired) electrons. The zero-order valence-corrected chi connectivity index (χ0v) is 18.6. The third kappa shape index (κ3) is 3.96. The molecule has 0 bridgehead atoms. The largest absolute Gasteiger partial charge is 0.333 e. The van der Waals surface area contributed by atoms with Gasteiger partial charge in [0.05, 0.1) is 7.59 Å². The highest BCUT2D eigenvalue weighted by Crippen LogP contribution is 2.45. The predicted molar refractivity (Wildman–Crippen MR) is 107 cm³/mol. The number of hydrogen-bond donors (Lipinski definition) is 1. The van der Waals surface area contributed by atoms with Crippen LogP contribution in [0, 0.1) is 0 Å². The standard InChI is InChI=1S/C19H41NSi2/c1-9-16-22(17(3)10-2,21(7,8)19(4,5)6)20-18-14-12-11-13-15-18/h10,18,20H,9,11-16H2,1-8H3/b17-10+. The van der Waals surface area contributed by atoms with Crippen LogP contribution in [0.15, 0.2) is 11.3 Å². The normalized spacial score (nSPS) is 21.7. The van der Waals surface area contributed by atoms with Crippen LogP contribution in [0.4, 0.5) is 0 Å². The quantitative estimate of drug-likeness (QED) is 0.555. The van der Waals surface area contributed by atoms with Gasteiger partial charge in [0.2, 0.25) is 0 Å². The summed E-state index contributed by atoms with van der Waals surface area (Å²) in [7, 11) is -3.01. The van der Waals surface area contributed by atoms with E-state index in [4.69, 9.17) is 0 Å². The lowest BCUT2D eigenvalue weighted by Crippen LogP contribution is -2.74. The molecule has 0 amide bonds. The summed E-state index contributed by atoms with van der Waals surface area (Å²) < 4.78 is 0. The summed E-state index contributed by atoms with van der Waals surface area (Å²) in [5.41, 5.74) is 0. The second kappa shape index (κ2) is 7.80. The molecule has 0 saturated heterocycles. The zero-order valence-electron chi connectivity index (χ0n) is 16.6. The van der Waals surface area contributed by atoms with Crippen LogP contribution in [0.25, 0.3) is 0 Å². The summed E-state index contributed by atoms with van der Waals surface area (Å²) in [6, 6.07) is 2.21. The van der Waals surface area contributed by atoms with Crippen molar-refractivity contribution < 1.29 is 0 Å². The Morgan fingerprint density at radius 2 is 1.68 bits per heavy atom. The van der Waals surface area contributed by atoms with E-state index in [1.807, 2.05) is 0 Å². The molecule has 3 heteroatoms. The minimum atomic E-state index is -1.60. The Hall–Kier alpha value is 0.134. The molecule has 0 spiro atoms. The SMILES string of the molecule is C/C=C(\C)[Si](CCC)(NC1CCCCC1)[Si](C)(C)C(C)(C)C. The minimum Gasteiger partial charge on any atom is -0.333 e. The number of hydrogen-bond acceptors (Lipinski definition) is 1. The van der Waals surface area contributed by atoms with E-state index in [0.717, 1.165) is 6.04 Å². The van der Waals surface area contributed by atoms with E-state index < -0.39 is 15.3 Å². The van der Waals surface area contributed by atoms with Gasteiger partial charge in [-0.2, -0.15) is 0 Å². The van der Waals surface area contributed by atoms with E-state index in [2.05, 4.69) is 65.7 Å². The van der Waals surface area contributed by atoms with E-state index in [0.29, 0.717) is 5.04 Å². The zero-order chi connectivity index (χ0) is 17.0. The molecule has 22 heavy (non-hydrogen) atoms. The molecular weight excluding hydrogens is 298 g/mol. The average Bonchev–Trinajstić information content (AvgIpc) is 2.45. The van der Waals surface area contributed by atoms with Gasteiger partial charge in [-0.25, -0.2) is 0 Å². The Bertz CT molecular complexity index is 375. The maximum absolute atomic E-state index is 4.40. The topological polar surface area (TPSA) is 12.0 Å². The maximum atomic E-state index is 4.40. The van der Waals surface area contributed by atoms with Gasteiger partial charge in [-0.15, -0.1) is 0 Å². The third-order valence-electron chi connectivity index (χ3n) is 6.73. The number of allylic oxidation sites excluding steroid dienone is 2. The Kier molecular flexibility index (Phi) is 7.16. The Labute approximate surface area is 142 Å². The van der Waals surface area contributed by atoms with Crippen LogP contribution in [0.2, 0.25) is 24.2 Å². The van der Waals surface area contributed by atoms with Gasteiger partial charge in [0.25, 0.3) is 0 Å². The minimum absolute atomic E-state index is 0.459. The van der Waals surface area contributed by atoms with Crippen molar-refractivity contribution in [2.75, 3.05) is 0 Å². The molecule has 0 aromatic heterocycles. The molecule has 1 aliphatic carbocycles. The van der Waals surface area contributed by atoms with Crippen molar-refractivity contribution in [2.24, 2.45) is 0 Å². The lowest BCUT2D eigenvalue weighted by Gasteiger charge is -2.54. The second-order valence-electron chi connectivity index (χ2n) is 8.98. The summed E-state index contributed by atoms with van der Waals surface area (Å²) in [5, 5.41) is 2.19. The Morgan fingerprint density at radius 3 is 2.09 bits per heavy atom. The summed E-state index contributed by atoms with van der Waals surface area (Å²) in [5.74, 6) is 0. The molecular formula is C19H41NSi2. The van der Waals surface area contributed by atoms with Gasteiger partial charge < -0.3 is 4.98 Å². The lowest BCUT2D eigenvalue weighted by molar-refractivity contribution is 0.414. The fourth-order valence-corrected chi connectivity index (χ4v) is 22.0. The fourth-order valence-electron chi connectivity index (χ4n) is 4.23. The van der Waals surface area contributed by atoms with E-state index in [-0.39, 0.29) is 0 Å². The molecule has 1 N–H and O–H groups in total. The smallest absolute Gasteiger partial charge is 0.142 e. The van der Waals surface area contributed by atoms with E-state index in [1.165, 1.54) is 44.6 Å². The molecule has 1 atom stereocenters. The number of rotatable bonds is 6. The third-order valence-corrected chi connectivity index (χ3v) is 27.4. The van der Waals surface area contributed by atoms with Crippen molar-refractivity contribution in [2.45, 2.75) is 110 Å². The first kappa shape index (κ1) is 20.2. The van der Waals surface area contributed by atoms with Crippen molar-refractivity contribution in [1.82, 2.24) is 4.98 Å². The monoisotopic (exact) mass is 339 g/mol. The van der Waals surface area contributed by atoms with Crippen LogP contribution in [0.1, 0.15) is 80.1 Å². The highest BCUT2D eigenvalue weighted by molar-refractivity contribution is 7.44. The van der Waals surface area contributed by atoms with E-state index in [1.54, 1.807) is 5.20 Å². The fraction of sp³-hybridized carbons (Fsp3) is 0.895. The van der Waals surface area contributed by atoms with Gasteiger partial charge in [0.1, 0.15) is 7.75 Å². The van der Waals surface area contributed by atoms with Crippen LogP contribution >= 0.6 is 0 Å². The van der Waals surface area contributed by atoms with Crippen LogP contribution < -0.4 is 4.98 Å². The van der Waals surface area contributed by atoms with E-state index in [9.17, 15) is 0 Å². The van der Waals surface area contributed by atoms with Crippen molar-refractivity contribution in [3.8, 4) is 0 Å². The van der Waals surface area contributed by atoms with Gasteiger partial charge >= 0.3 is 0 Å². The van der Waals surface area contributed by atoms with Gasteiger partial charge in [0.15, 0.2) is 0 Å². The highest BCUT2D eigenvalue weighted by Gasteiger charge is 2.55. The van der Waals surface area contributed by atoms with Crippen molar-refractivity contribution in [3.05, 3.63) is 11.3 Å². The van der Waals surface area contributed by atoms with Crippen LogP contribution in [-0.2, 0) is 0 Å². The molecule has 1 unspecified atom stereocenters. The summed E-state index contributed by atoms with van der Waals surface area (Å²) >= 11 is 0. The van der Waals surface area contributed by atoms with Gasteiger partial charge in [0, 0.05) is 6.04 Å². The van der Waals surface area contributed by atoms with E-state index >= 15 is 0 Å². The first-order chi connectivity index (χ1) is 10.1. The second-order valence-corrected chi connectivity index (χ2v) is 23.4. The summed E-state index contributed by atoms with van der Waals surface area (Å²) in [6.07, 6.45) is 10.9. The molecule has 1 rings (SSSR count). The molecule has 0 heterocycles. The Morgan fingerprint density at radius 1 is 1.14 bits per heavy atom. The van der Waals surface area contributed by atoms with Gasteiger partial charge in [-0.05, 0) is 37.8 Å². The molecule has 1 aliphatic rings. The molecule has 0 aliphatic heterocycles. The first-order valence-electron chi connectivity index (χ1n) is 9.53. The average molecular weight is 340 g/mol. The van der Waals surface area contributed by atoms with Crippen LogP contribution in [0.5, 0.6) is 0 Å². The molecule has 130 valence electrons. The Balaban J connectivity index is 3.27. The first-order valence-corrected chi connectivity index (χ1v) is 15.7.